The van der Waals surface area contributed by atoms with Gasteiger partial charge in [0.25, 0.3) is 0 Å². The second kappa shape index (κ2) is 6.04. The first-order valence-corrected chi connectivity index (χ1v) is 6.46. The molecule has 0 unspecified atom stereocenters. The van der Waals surface area contributed by atoms with Crippen molar-refractivity contribution in [2.45, 2.75) is 0 Å². The van der Waals surface area contributed by atoms with Crippen LogP contribution in [0.15, 0.2) is 52.7 Å². The van der Waals surface area contributed by atoms with Crippen LogP contribution in [0, 0.1) is 0 Å². The fourth-order valence-electron chi connectivity index (χ4n) is 1.51. The van der Waals surface area contributed by atoms with E-state index in [-0.39, 0.29) is 0 Å². The van der Waals surface area contributed by atoms with E-state index in [0.29, 0.717) is 15.7 Å². The molecule has 2 rings (SSSR count). The molecule has 2 aromatic rings. The van der Waals surface area contributed by atoms with Crippen LogP contribution in [0.4, 0.5) is 17.1 Å². The highest BCUT2D eigenvalue weighted by molar-refractivity contribution is 6.38. The highest BCUT2D eigenvalue weighted by Crippen LogP contribution is 2.33. The molecule has 0 aliphatic rings. The lowest BCUT2D eigenvalue weighted by Gasteiger charge is -2.11. The van der Waals surface area contributed by atoms with Gasteiger partial charge in [-0.05, 0) is 36.4 Å². The van der Waals surface area contributed by atoms with Gasteiger partial charge in [-0.2, -0.15) is 5.11 Å². The largest absolute Gasteiger partial charge is 0.378 e. The Bertz CT molecular complexity index is 572. The van der Waals surface area contributed by atoms with Gasteiger partial charge in [-0.1, -0.05) is 29.3 Å². The van der Waals surface area contributed by atoms with Crippen LogP contribution in [0.25, 0.3) is 0 Å². The third-order valence-corrected chi connectivity index (χ3v) is 3.18. The first-order valence-electron chi connectivity index (χ1n) is 5.71. The number of hydrogen-bond acceptors (Lipinski definition) is 3. The SMILES string of the molecule is CN(C)c1ccc(N=Nc2c(Cl)cccc2Cl)cc1. The van der Waals surface area contributed by atoms with E-state index >= 15 is 0 Å². The Balaban J connectivity index is 2.23. The average Bonchev–Trinajstić information content (AvgIpc) is 2.38. The molecular weight excluding hydrogens is 281 g/mol. The number of benzene rings is 2. The lowest BCUT2D eigenvalue weighted by molar-refractivity contribution is 1.13. The zero-order valence-electron chi connectivity index (χ0n) is 10.6. The molecule has 5 heteroatoms. The van der Waals surface area contributed by atoms with Crippen LogP contribution in [0.2, 0.25) is 10.0 Å². The minimum Gasteiger partial charge on any atom is -0.378 e. The summed E-state index contributed by atoms with van der Waals surface area (Å²) in [4.78, 5) is 2.02. The van der Waals surface area contributed by atoms with Crippen LogP contribution < -0.4 is 4.90 Å². The molecule has 0 N–H and O–H groups in total. The monoisotopic (exact) mass is 293 g/mol. The smallest absolute Gasteiger partial charge is 0.123 e. The highest BCUT2D eigenvalue weighted by atomic mass is 35.5. The normalized spacial score (nSPS) is 10.9. The van der Waals surface area contributed by atoms with E-state index in [1.165, 1.54) is 0 Å². The van der Waals surface area contributed by atoms with E-state index in [2.05, 4.69) is 10.2 Å². The first kappa shape index (κ1) is 13.8. The predicted octanol–water partition coefficient (Wildman–Crippen LogP) is 5.47. The lowest BCUT2D eigenvalue weighted by atomic mass is 10.3. The predicted molar refractivity (Wildman–Crippen MR) is 81.4 cm³/mol. The Hall–Kier alpha value is -1.58. The molecule has 0 aliphatic carbocycles. The number of azo groups is 1. The number of halogens is 2. The van der Waals surface area contributed by atoms with Crippen molar-refractivity contribution in [3.05, 3.63) is 52.5 Å². The molecule has 0 atom stereocenters. The fraction of sp³-hybridized carbons (Fsp3) is 0.143. The molecular formula is C14H13Cl2N3. The maximum Gasteiger partial charge on any atom is 0.123 e. The number of nitrogens with zero attached hydrogens (tertiary/aromatic N) is 3. The molecule has 0 radical (unpaired) electrons. The summed E-state index contributed by atoms with van der Waals surface area (Å²) in [6.45, 7) is 0. The van der Waals surface area contributed by atoms with Crippen LogP contribution in [0.5, 0.6) is 0 Å². The topological polar surface area (TPSA) is 28.0 Å². The van der Waals surface area contributed by atoms with E-state index in [0.717, 1.165) is 11.4 Å². The molecule has 19 heavy (non-hydrogen) atoms. The number of anilines is 1. The van der Waals surface area contributed by atoms with Crippen molar-refractivity contribution in [2.75, 3.05) is 19.0 Å². The molecule has 0 heterocycles. The van der Waals surface area contributed by atoms with E-state index in [4.69, 9.17) is 23.2 Å². The van der Waals surface area contributed by atoms with Crippen molar-refractivity contribution < 1.29 is 0 Å². The molecule has 0 saturated heterocycles. The summed E-state index contributed by atoms with van der Waals surface area (Å²) in [6, 6.07) is 13.0. The third-order valence-electron chi connectivity index (χ3n) is 2.57. The Labute approximate surface area is 122 Å². The summed E-state index contributed by atoms with van der Waals surface area (Å²) in [7, 11) is 3.97. The van der Waals surface area contributed by atoms with Gasteiger partial charge in [-0.25, -0.2) is 0 Å². The lowest BCUT2D eigenvalue weighted by Crippen LogP contribution is -2.07. The second-order valence-electron chi connectivity index (χ2n) is 4.18. The minimum absolute atomic E-state index is 0.487. The molecule has 0 saturated carbocycles. The van der Waals surface area contributed by atoms with Gasteiger partial charge in [0.05, 0.1) is 15.7 Å². The van der Waals surface area contributed by atoms with Crippen LogP contribution >= 0.6 is 23.2 Å². The van der Waals surface area contributed by atoms with E-state index in [9.17, 15) is 0 Å². The Morgan fingerprint density at radius 3 is 1.95 bits per heavy atom. The number of rotatable bonds is 3. The molecule has 0 aromatic heterocycles. The van der Waals surface area contributed by atoms with Crippen molar-refractivity contribution in [1.82, 2.24) is 0 Å². The van der Waals surface area contributed by atoms with E-state index < -0.39 is 0 Å². The summed E-state index contributed by atoms with van der Waals surface area (Å²) < 4.78 is 0. The molecule has 2 aromatic carbocycles. The minimum atomic E-state index is 0.487. The maximum atomic E-state index is 6.02. The molecule has 0 aliphatic heterocycles. The number of hydrogen-bond donors (Lipinski definition) is 0. The van der Waals surface area contributed by atoms with Gasteiger partial charge in [-0.3, -0.25) is 0 Å². The van der Waals surface area contributed by atoms with Crippen LogP contribution in [-0.4, -0.2) is 14.1 Å². The van der Waals surface area contributed by atoms with Gasteiger partial charge in [0.2, 0.25) is 0 Å². The zero-order chi connectivity index (χ0) is 13.8. The molecule has 0 spiro atoms. The van der Waals surface area contributed by atoms with Gasteiger partial charge in [0.15, 0.2) is 0 Å². The van der Waals surface area contributed by atoms with Crippen molar-refractivity contribution in [1.29, 1.82) is 0 Å². The quantitative estimate of drug-likeness (QED) is 0.689. The Morgan fingerprint density at radius 1 is 0.842 bits per heavy atom. The summed E-state index contributed by atoms with van der Waals surface area (Å²) in [5.41, 5.74) is 2.35. The molecule has 0 fully saturated rings. The van der Waals surface area contributed by atoms with Crippen molar-refractivity contribution in [2.24, 2.45) is 10.2 Å². The first-order chi connectivity index (χ1) is 9.08. The van der Waals surface area contributed by atoms with E-state index in [1.54, 1.807) is 18.2 Å². The second-order valence-corrected chi connectivity index (χ2v) is 5.00. The standard InChI is InChI=1S/C14H13Cl2N3/c1-19(2)11-8-6-10(7-9-11)17-18-14-12(15)4-3-5-13(14)16/h3-9H,1-2H3. The van der Waals surface area contributed by atoms with Crippen molar-refractivity contribution in [3.8, 4) is 0 Å². The van der Waals surface area contributed by atoms with E-state index in [1.807, 2.05) is 43.3 Å². The molecule has 3 nitrogen and oxygen atoms in total. The third kappa shape index (κ3) is 3.46. The molecule has 0 amide bonds. The summed E-state index contributed by atoms with van der Waals surface area (Å²) in [6.07, 6.45) is 0. The van der Waals surface area contributed by atoms with Gasteiger partial charge in [0.1, 0.15) is 5.69 Å². The average molecular weight is 294 g/mol. The van der Waals surface area contributed by atoms with Crippen LogP contribution in [-0.2, 0) is 0 Å². The summed E-state index contributed by atoms with van der Waals surface area (Å²) in [5, 5.41) is 9.21. The Kier molecular flexibility index (Phi) is 4.40. The van der Waals surface area contributed by atoms with Crippen molar-refractivity contribution >= 4 is 40.3 Å². The van der Waals surface area contributed by atoms with Gasteiger partial charge in [0, 0.05) is 19.8 Å². The highest BCUT2D eigenvalue weighted by Gasteiger charge is 2.03. The van der Waals surface area contributed by atoms with Gasteiger partial charge in [-0.15, -0.1) is 5.11 Å². The van der Waals surface area contributed by atoms with Crippen LogP contribution in [0.1, 0.15) is 0 Å². The van der Waals surface area contributed by atoms with Crippen LogP contribution in [0.3, 0.4) is 0 Å². The Morgan fingerprint density at radius 2 is 1.42 bits per heavy atom. The zero-order valence-corrected chi connectivity index (χ0v) is 12.2. The summed E-state index contributed by atoms with van der Waals surface area (Å²) in [5.74, 6) is 0. The molecule has 98 valence electrons. The fourth-order valence-corrected chi connectivity index (χ4v) is 1.98. The van der Waals surface area contributed by atoms with Gasteiger partial charge < -0.3 is 4.90 Å². The van der Waals surface area contributed by atoms with Gasteiger partial charge >= 0.3 is 0 Å². The summed E-state index contributed by atoms with van der Waals surface area (Å²) >= 11 is 12.0. The molecule has 0 bridgehead atoms. The maximum absolute atomic E-state index is 6.02. The van der Waals surface area contributed by atoms with Crippen molar-refractivity contribution in [3.63, 3.8) is 0 Å².